The Morgan fingerprint density at radius 2 is 2.50 bits per heavy atom. The lowest BCUT2D eigenvalue weighted by atomic mass is 10.1. The minimum Gasteiger partial charge on any atom is -0.381 e. The van der Waals surface area contributed by atoms with E-state index in [0.717, 1.165) is 38.3 Å². The molecule has 0 aliphatic carbocycles. The SMILES string of the molecule is O=C(COCC1CCOC1)N1CCNCC1c1cccnc1. The molecule has 3 rings (SSSR count). The maximum Gasteiger partial charge on any atom is 0.249 e. The predicted octanol–water partition coefficient (Wildman–Crippen LogP) is 0.608. The third-order valence-corrected chi connectivity index (χ3v) is 4.24. The van der Waals surface area contributed by atoms with Crippen LogP contribution in [-0.4, -0.2) is 61.9 Å². The summed E-state index contributed by atoms with van der Waals surface area (Å²) >= 11 is 0. The van der Waals surface area contributed by atoms with Crippen molar-refractivity contribution in [3.05, 3.63) is 30.1 Å². The van der Waals surface area contributed by atoms with E-state index in [4.69, 9.17) is 9.47 Å². The summed E-state index contributed by atoms with van der Waals surface area (Å²) in [4.78, 5) is 18.5. The molecule has 2 atom stereocenters. The number of pyridine rings is 1. The quantitative estimate of drug-likeness (QED) is 0.863. The van der Waals surface area contributed by atoms with E-state index in [2.05, 4.69) is 10.3 Å². The summed E-state index contributed by atoms with van der Waals surface area (Å²) in [5.74, 6) is 0.485. The van der Waals surface area contributed by atoms with Gasteiger partial charge in [-0.25, -0.2) is 0 Å². The molecule has 3 heterocycles. The molecule has 2 unspecified atom stereocenters. The molecule has 0 radical (unpaired) electrons. The van der Waals surface area contributed by atoms with E-state index < -0.39 is 0 Å². The number of amides is 1. The highest BCUT2D eigenvalue weighted by atomic mass is 16.5. The average Bonchev–Trinajstić information content (AvgIpc) is 3.09. The number of hydrogen-bond acceptors (Lipinski definition) is 5. The highest BCUT2D eigenvalue weighted by Gasteiger charge is 2.28. The van der Waals surface area contributed by atoms with Crippen LogP contribution in [0.2, 0.25) is 0 Å². The van der Waals surface area contributed by atoms with Gasteiger partial charge in [-0.2, -0.15) is 0 Å². The van der Waals surface area contributed by atoms with E-state index >= 15 is 0 Å². The van der Waals surface area contributed by atoms with E-state index in [9.17, 15) is 4.79 Å². The molecular formula is C16H23N3O3. The number of aromatic nitrogens is 1. The standard InChI is InChI=1S/C16H23N3O3/c20-16(12-22-11-13-3-7-21-10-13)19-6-5-18-9-15(19)14-2-1-4-17-8-14/h1-2,4,8,13,15,18H,3,5-7,9-12H2. The fourth-order valence-electron chi connectivity index (χ4n) is 2.98. The van der Waals surface area contributed by atoms with E-state index in [-0.39, 0.29) is 18.6 Å². The Bertz CT molecular complexity index is 477. The summed E-state index contributed by atoms with van der Waals surface area (Å²) in [6.07, 6.45) is 4.60. The Balaban J connectivity index is 1.54. The van der Waals surface area contributed by atoms with Gasteiger partial charge in [0.1, 0.15) is 6.61 Å². The van der Waals surface area contributed by atoms with Crippen molar-refractivity contribution in [2.75, 3.05) is 46.1 Å². The molecule has 2 fully saturated rings. The first kappa shape index (κ1) is 15.4. The molecule has 2 aliphatic heterocycles. The molecular weight excluding hydrogens is 282 g/mol. The maximum absolute atomic E-state index is 12.5. The van der Waals surface area contributed by atoms with Crippen molar-refractivity contribution < 1.29 is 14.3 Å². The third kappa shape index (κ3) is 3.82. The lowest BCUT2D eigenvalue weighted by Gasteiger charge is -2.36. The summed E-state index contributed by atoms with van der Waals surface area (Å²) in [7, 11) is 0. The summed E-state index contributed by atoms with van der Waals surface area (Å²) < 4.78 is 10.9. The molecule has 1 aromatic heterocycles. The molecule has 1 aromatic rings. The van der Waals surface area contributed by atoms with Gasteiger partial charge in [0, 0.05) is 44.6 Å². The van der Waals surface area contributed by atoms with Gasteiger partial charge in [0.2, 0.25) is 5.91 Å². The number of ether oxygens (including phenoxy) is 2. The smallest absolute Gasteiger partial charge is 0.249 e. The number of piperazine rings is 1. The number of rotatable bonds is 5. The van der Waals surface area contributed by atoms with E-state index in [1.54, 1.807) is 6.20 Å². The Hall–Kier alpha value is -1.50. The van der Waals surface area contributed by atoms with Crippen molar-refractivity contribution in [3.8, 4) is 0 Å². The van der Waals surface area contributed by atoms with Gasteiger partial charge in [-0.15, -0.1) is 0 Å². The molecule has 120 valence electrons. The molecule has 0 spiro atoms. The van der Waals surface area contributed by atoms with Gasteiger partial charge in [-0.3, -0.25) is 9.78 Å². The van der Waals surface area contributed by atoms with Crippen LogP contribution >= 0.6 is 0 Å². The second kappa shape index (κ2) is 7.67. The number of nitrogens with zero attached hydrogens (tertiary/aromatic N) is 2. The normalized spacial score (nSPS) is 25.4. The molecule has 0 saturated carbocycles. The predicted molar refractivity (Wildman–Crippen MR) is 81.3 cm³/mol. The van der Waals surface area contributed by atoms with E-state index in [1.165, 1.54) is 0 Å². The minimum absolute atomic E-state index is 0.0355. The van der Waals surface area contributed by atoms with Crippen molar-refractivity contribution in [2.24, 2.45) is 5.92 Å². The van der Waals surface area contributed by atoms with Gasteiger partial charge >= 0.3 is 0 Å². The van der Waals surface area contributed by atoms with Crippen LogP contribution in [-0.2, 0) is 14.3 Å². The highest BCUT2D eigenvalue weighted by Crippen LogP contribution is 2.21. The highest BCUT2D eigenvalue weighted by molar-refractivity contribution is 5.78. The first-order valence-corrected chi connectivity index (χ1v) is 7.90. The van der Waals surface area contributed by atoms with E-state index in [0.29, 0.717) is 19.1 Å². The van der Waals surface area contributed by atoms with Crippen molar-refractivity contribution in [1.82, 2.24) is 15.2 Å². The second-order valence-electron chi connectivity index (χ2n) is 5.84. The molecule has 22 heavy (non-hydrogen) atoms. The largest absolute Gasteiger partial charge is 0.381 e. The molecule has 1 amide bonds. The minimum atomic E-state index is 0.0355. The first-order valence-electron chi connectivity index (χ1n) is 7.90. The van der Waals surface area contributed by atoms with Gasteiger partial charge in [0.05, 0.1) is 19.3 Å². The van der Waals surface area contributed by atoms with Gasteiger partial charge in [-0.05, 0) is 18.1 Å². The Kier molecular flexibility index (Phi) is 5.37. The molecule has 0 aromatic carbocycles. The summed E-state index contributed by atoms with van der Waals surface area (Å²) in [5, 5.41) is 3.34. The van der Waals surface area contributed by atoms with E-state index in [1.807, 2.05) is 23.2 Å². The monoisotopic (exact) mass is 305 g/mol. The Morgan fingerprint density at radius 3 is 3.27 bits per heavy atom. The fraction of sp³-hybridized carbons (Fsp3) is 0.625. The third-order valence-electron chi connectivity index (χ3n) is 4.24. The van der Waals surface area contributed by atoms with Crippen LogP contribution in [0.4, 0.5) is 0 Å². The Labute approximate surface area is 130 Å². The number of carbonyl (C=O) groups is 1. The molecule has 6 nitrogen and oxygen atoms in total. The number of carbonyl (C=O) groups excluding carboxylic acids is 1. The van der Waals surface area contributed by atoms with Gasteiger partial charge in [-0.1, -0.05) is 6.07 Å². The molecule has 0 bridgehead atoms. The van der Waals surface area contributed by atoms with Crippen LogP contribution in [0.5, 0.6) is 0 Å². The fourth-order valence-corrected chi connectivity index (χ4v) is 2.98. The first-order chi connectivity index (χ1) is 10.8. The van der Waals surface area contributed by atoms with Crippen molar-refractivity contribution in [1.29, 1.82) is 0 Å². The molecule has 1 N–H and O–H groups in total. The molecule has 2 saturated heterocycles. The lowest BCUT2D eigenvalue weighted by Crippen LogP contribution is -2.49. The van der Waals surface area contributed by atoms with Crippen molar-refractivity contribution in [3.63, 3.8) is 0 Å². The summed E-state index contributed by atoms with van der Waals surface area (Å²) in [6.45, 7) is 4.59. The number of hydrogen-bond donors (Lipinski definition) is 1. The van der Waals surface area contributed by atoms with Crippen LogP contribution in [0.3, 0.4) is 0 Å². The van der Waals surface area contributed by atoms with Crippen molar-refractivity contribution in [2.45, 2.75) is 12.5 Å². The second-order valence-corrected chi connectivity index (χ2v) is 5.84. The molecule has 6 heteroatoms. The maximum atomic E-state index is 12.5. The summed E-state index contributed by atoms with van der Waals surface area (Å²) in [6, 6.07) is 3.96. The lowest BCUT2D eigenvalue weighted by molar-refractivity contribution is -0.140. The van der Waals surface area contributed by atoms with Gasteiger partial charge < -0.3 is 19.7 Å². The zero-order valence-corrected chi connectivity index (χ0v) is 12.7. The zero-order valence-electron chi connectivity index (χ0n) is 12.7. The van der Waals surface area contributed by atoms with Crippen LogP contribution in [0.15, 0.2) is 24.5 Å². The topological polar surface area (TPSA) is 63.7 Å². The molecule has 2 aliphatic rings. The average molecular weight is 305 g/mol. The number of nitrogens with one attached hydrogen (secondary N) is 1. The van der Waals surface area contributed by atoms with Gasteiger partial charge in [0.15, 0.2) is 0 Å². The van der Waals surface area contributed by atoms with Crippen LogP contribution in [0, 0.1) is 5.92 Å². The van der Waals surface area contributed by atoms with Crippen LogP contribution in [0.1, 0.15) is 18.0 Å². The van der Waals surface area contributed by atoms with Gasteiger partial charge in [0.25, 0.3) is 0 Å². The van der Waals surface area contributed by atoms with Crippen LogP contribution in [0.25, 0.3) is 0 Å². The Morgan fingerprint density at radius 1 is 1.55 bits per heavy atom. The van der Waals surface area contributed by atoms with Crippen molar-refractivity contribution >= 4 is 5.91 Å². The summed E-state index contributed by atoms with van der Waals surface area (Å²) in [5.41, 5.74) is 1.06. The van der Waals surface area contributed by atoms with Crippen LogP contribution < -0.4 is 5.32 Å². The zero-order chi connectivity index (χ0) is 15.2.